The van der Waals surface area contributed by atoms with Gasteiger partial charge >= 0.3 is 0 Å². The van der Waals surface area contributed by atoms with Crippen LogP contribution in [0.5, 0.6) is 0 Å². The molecule has 0 aliphatic carbocycles. The van der Waals surface area contributed by atoms with Crippen LogP contribution >= 0.6 is 15.9 Å². The molecule has 17 heavy (non-hydrogen) atoms. The highest BCUT2D eigenvalue weighted by atomic mass is 79.9. The van der Waals surface area contributed by atoms with Gasteiger partial charge in [-0.05, 0) is 29.3 Å². The molecule has 6 heteroatoms. The molecule has 5 nitrogen and oxygen atoms in total. The van der Waals surface area contributed by atoms with Crippen molar-refractivity contribution in [3.05, 3.63) is 26.8 Å². The molecular weight excluding hydrogens is 288 g/mol. The van der Waals surface area contributed by atoms with Gasteiger partial charge in [-0.25, -0.2) is 4.98 Å². The van der Waals surface area contributed by atoms with Crippen LogP contribution in [-0.4, -0.2) is 29.1 Å². The molecule has 2 heterocycles. The van der Waals surface area contributed by atoms with E-state index in [4.69, 9.17) is 9.47 Å². The number of hydrogen-bond donors (Lipinski definition) is 0. The maximum absolute atomic E-state index is 11.9. The minimum absolute atomic E-state index is 0.0618. The van der Waals surface area contributed by atoms with Crippen LogP contribution in [0, 0.1) is 6.92 Å². The third-order valence-electron chi connectivity index (χ3n) is 2.66. The van der Waals surface area contributed by atoms with Crippen LogP contribution in [0.15, 0.2) is 15.6 Å². The molecule has 1 aliphatic heterocycles. The van der Waals surface area contributed by atoms with Gasteiger partial charge in [0, 0.05) is 13.0 Å². The highest BCUT2D eigenvalue weighted by molar-refractivity contribution is 9.10. The standard InChI is InChI=1S/C11H15BrN2O3/c1-8-10(12)11(15)14(7-13-8)4-3-9-16-5-2-6-17-9/h7,9H,2-6H2,1H3. The van der Waals surface area contributed by atoms with Crippen molar-refractivity contribution >= 4 is 15.9 Å². The average molecular weight is 303 g/mol. The van der Waals surface area contributed by atoms with Gasteiger partial charge in [-0.3, -0.25) is 9.36 Å². The highest BCUT2D eigenvalue weighted by Gasteiger charge is 2.14. The average Bonchev–Trinajstić information content (AvgIpc) is 2.36. The normalized spacial score (nSPS) is 17.3. The molecule has 1 aliphatic rings. The minimum Gasteiger partial charge on any atom is -0.353 e. The molecule has 0 atom stereocenters. The fourth-order valence-corrected chi connectivity index (χ4v) is 1.98. The predicted octanol–water partition coefficient (Wildman–Crippen LogP) is 1.47. The number of rotatable bonds is 3. The van der Waals surface area contributed by atoms with E-state index in [0.717, 1.165) is 19.6 Å². The van der Waals surface area contributed by atoms with Crippen LogP contribution < -0.4 is 5.56 Å². The highest BCUT2D eigenvalue weighted by Crippen LogP contribution is 2.10. The molecule has 0 spiro atoms. The first-order valence-electron chi connectivity index (χ1n) is 5.63. The number of aromatic nitrogens is 2. The van der Waals surface area contributed by atoms with E-state index in [0.29, 0.717) is 23.1 Å². The zero-order valence-corrected chi connectivity index (χ0v) is 11.3. The molecule has 0 aromatic carbocycles. The summed E-state index contributed by atoms with van der Waals surface area (Å²) in [6.45, 7) is 3.81. The van der Waals surface area contributed by atoms with Crippen molar-refractivity contribution in [2.75, 3.05) is 13.2 Å². The molecule has 1 saturated heterocycles. The number of halogens is 1. The first-order chi connectivity index (χ1) is 8.18. The molecule has 0 radical (unpaired) electrons. The monoisotopic (exact) mass is 302 g/mol. The van der Waals surface area contributed by atoms with E-state index in [1.54, 1.807) is 17.8 Å². The molecule has 0 N–H and O–H groups in total. The smallest absolute Gasteiger partial charge is 0.267 e. The quantitative estimate of drug-likeness (QED) is 0.848. The first-order valence-corrected chi connectivity index (χ1v) is 6.42. The van der Waals surface area contributed by atoms with Crippen LogP contribution in [0.4, 0.5) is 0 Å². The van der Waals surface area contributed by atoms with Crippen molar-refractivity contribution in [2.45, 2.75) is 32.6 Å². The predicted molar refractivity (Wildman–Crippen MR) is 65.9 cm³/mol. The summed E-state index contributed by atoms with van der Waals surface area (Å²) in [4.78, 5) is 16.0. The van der Waals surface area contributed by atoms with Crippen molar-refractivity contribution < 1.29 is 9.47 Å². The van der Waals surface area contributed by atoms with Gasteiger partial charge in [-0.2, -0.15) is 0 Å². The van der Waals surface area contributed by atoms with Crippen molar-refractivity contribution in [1.82, 2.24) is 9.55 Å². The lowest BCUT2D eigenvalue weighted by atomic mass is 10.3. The number of ether oxygens (including phenoxy) is 2. The SMILES string of the molecule is Cc1ncn(CCC2OCCCO2)c(=O)c1Br. The van der Waals surface area contributed by atoms with E-state index in [2.05, 4.69) is 20.9 Å². The van der Waals surface area contributed by atoms with E-state index in [-0.39, 0.29) is 11.8 Å². The van der Waals surface area contributed by atoms with E-state index >= 15 is 0 Å². The topological polar surface area (TPSA) is 53.4 Å². The Kier molecular flexibility index (Phi) is 4.31. The van der Waals surface area contributed by atoms with E-state index in [9.17, 15) is 4.79 Å². The fraction of sp³-hybridized carbons (Fsp3) is 0.636. The molecule has 1 fully saturated rings. The Bertz CT molecular complexity index is 441. The Hall–Kier alpha value is -0.720. The second-order valence-electron chi connectivity index (χ2n) is 3.96. The second kappa shape index (κ2) is 5.75. The van der Waals surface area contributed by atoms with Gasteiger partial charge in [-0.1, -0.05) is 0 Å². The van der Waals surface area contributed by atoms with Crippen molar-refractivity contribution in [2.24, 2.45) is 0 Å². The summed E-state index contributed by atoms with van der Waals surface area (Å²) in [5.74, 6) is 0. The van der Waals surface area contributed by atoms with E-state index in [1.807, 2.05) is 0 Å². The fourth-order valence-electron chi connectivity index (χ4n) is 1.65. The Morgan fingerprint density at radius 2 is 2.24 bits per heavy atom. The molecule has 2 rings (SSSR count). The van der Waals surface area contributed by atoms with Crippen molar-refractivity contribution in [3.63, 3.8) is 0 Å². The maximum Gasteiger partial charge on any atom is 0.267 e. The molecule has 94 valence electrons. The molecule has 1 aromatic heterocycles. The second-order valence-corrected chi connectivity index (χ2v) is 4.75. The number of hydrogen-bond acceptors (Lipinski definition) is 4. The Morgan fingerprint density at radius 3 is 2.94 bits per heavy atom. The summed E-state index contributed by atoms with van der Waals surface area (Å²) in [6.07, 6.45) is 2.96. The van der Waals surface area contributed by atoms with Crippen LogP contribution in [0.1, 0.15) is 18.5 Å². The van der Waals surface area contributed by atoms with Gasteiger partial charge in [0.1, 0.15) is 4.47 Å². The third-order valence-corrected chi connectivity index (χ3v) is 3.57. The number of nitrogens with zero attached hydrogens (tertiary/aromatic N) is 2. The number of aryl methyl sites for hydroxylation is 2. The lowest BCUT2D eigenvalue weighted by Gasteiger charge is -2.23. The Labute approximate surface area is 108 Å². The Balaban J connectivity index is 1.99. The Morgan fingerprint density at radius 1 is 1.53 bits per heavy atom. The van der Waals surface area contributed by atoms with Crippen LogP contribution in [0.3, 0.4) is 0 Å². The third kappa shape index (κ3) is 3.14. The van der Waals surface area contributed by atoms with Crippen LogP contribution in [-0.2, 0) is 16.0 Å². The molecular formula is C11H15BrN2O3. The zero-order valence-electron chi connectivity index (χ0n) is 9.69. The van der Waals surface area contributed by atoms with Gasteiger partial charge in [-0.15, -0.1) is 0 Å². The molecule has 1 aromatic rings. The summed E-state index contributed by atoms with van der Waals surface area (Å²) in [5.41, 5.74) is 0.643. The van der Waals surface area contributed by atoms with Gasteiger partial charge in [0.2, 0.25) is 0 Å². The molecule has 0 amide bonds. The van der Waals surface area contributed by atoms with Gasteiger partial charge in [0.15, 0.2) is 6.29 Å². The van der Waals surface area contributed by atoms with Crippen LogP contribution in [0.2, 0.25) is 0 Å². The zero-order chi connectivity index (χ0) is 12.3. The first kappa shape index (κ1) is 12.7. The maximum atomic E-state index is 11.9. The van der Waals surface area contributed by atoms with Crippen molar-refractivity contribution in [3.8, 4) is 0 Å². The van der Waals surface area contributed by atoms with Crippen LogP contribution in [0.25, 0.3) is 0 Å². The largest absolute Gasteiger partial charge is 0.353 e. The minimum atomic E-state index is -0.198. The summed E-state index contributed by atoms with van der Waals surface area (Å²) in [6, 6.07) is 0. The van der Waals surface area contributed by atoms with E-state index < -0.39 is 0 Å². The van der Waals surface area contributed by atoms with Gasteiger partial charge < -0.3 is 9.47 Å². The van der Waals surface area contributed by atoms with Gasteiger partial charge in [0.25, 0.3) is 5.56 Å². The van der Waals surface area contributed by atoms with Crippen molar-refractivity contribution in [1.29, 1.82) is 0 Å². The summed E-state index contributed by atoms with van der Waals surface area (Å²) < 4.78 is 12.9. The molecule has 0 bridgehead atoms. The lowest BCUT2D eigenvalue weighted by molar-refractivity contribution is -0.182. The molecule has 0 unspecified atom stereocenters. The summed E-state index contributed by atoms with van der Waals surface area (Å²) in [7, 11) is 0. The summed E-state index contributed by atoms with van der Waals surface area (Å²) >= 11 is 3.24. The molecule has 0 saturated carbocycles. The van der Waals surface area contributed by atoms with E-state index in [1.165, 1.54) is 0 Å². The van der Waals surface area contributed by atoms with Gasteiger partial charge in [0.05, 0.1) is 25.2 Å². The summed E-state index contributed by atoms with van der Waals surface area (Å²) in [5, 5.41) is 0. The lowest BCUT2D eigenvalue weighted by Crippen LogP contribution is -2.29.